The summed E-state index contributed by atoms with van der Waals surface area (Å²) in [6.07, 6.45) is 9.02. The van der Waals surface area contributed by atoms with Crippen LogP contribution in [0.4, 0.5) is 0 Å². The van der Waals surface area contributed by atoms with Gasteiger partial charge in [0.25, 0.3) is 0 Å². The zero-order chi connectivity index (χ0) is 11.6. The number of β-amino-alcohol motifs (C(OH)–C–C–N with tert-alkyl or cyclic N) is 1. The van der Waals surface area contributed by atoms with Gasteiger partial charge in [-0.05, 0) is 45.1 Å². The Kier molecular flexibility index (Phi) is 3.91. The van der Waals surface area contributed by atoms with Gasteiger partial charge < -0.3 is 5.11 Å². The van der Waals surface area contributed by atoms with Gasteiger partial charge in [-0.2, -0.15) is 0 Å². The van der Waals surface area contributed by atoms with Crippen LogP contribution in [0.5, 0.6) is 0 Å². The minimum Gasteiger partial charge on any atom is -0.389 e. The molecule has 3 unspecified atom stereocenters. The second kappa shape index (κ2) is 5.05. The first-order valence-electron chi connectivity index (χ1n) is 7.09. The van der Waals surface area contributed by atoms with E-state index in [9.17, 15) is 5.11 Å². The van der Waals surface area contributed by atoms with Crippen molar-refractivity contribution in [3.8, 4) is 0 Å². The third-order valence-electron chi connectivity index (χ3n) is 4.57. The van der Waals surface area contributed by atoms with E-state index in [1.165, 1.54) is 45.1 Å². The Bertz CT molecular complexity index is 227. The topological polar surface area (TPSA) is 23.5 Å². The Morgan fingerprint density at radius 2 is 2.00 bits per heavy atom. The van der Waals surface area contributed by atoms with Crippen molar-refractivity contribution in [2.45, 2.75) is 70.4 Å². The van der Waals surface area contributed by atoms with Crippen LogP contribution in [0.1, 0.15) is 58.8 Å². The van der Waals surface area contributed by atoms with Crippen molar-refractivity contribution in [1.82, 2.24) is 4.90 Å². The molecule has 2 heteroatoms. The number of rotatable bonds is 2. The number of nitrogens with zero attached hydrogens (tertiary/aromatic N) is 1. The molecule has 0 aromatic rings. The smallest absolute Gasteiger partial charge is 0.0746 e. The molecule has 2 aliphatic rings. The van der Waals surface area contributed by atoms with Crippen LogP contribution in [0.3, 0.4) is 0 Å². The van der Waals surface area contributed by atoms with E-state index in [1.54, 1.807) is 0 Å². The summed E-state index contributed by atoms with van der Waals surface area (Å²) in [6, 6.07) is 0.755. The highest BCUT2D eigenvalue weighted by Crippen LogP contribution is 2.33. The average molecular weight is 225 g/mol. The minimum atomic E-state index is -0.437. The molecule has 1 N–H and O–H groups in total. The number of aliphatic hydroxyl groups is 1. The third-order valence-corrected chi connectivity index (χ3v) is 4.57. The normalized spacial score (nSPS) is 42.2. The van der Waals surface area contributed by atoms with Gasteiger partial charge in [-0.1, -0.05) is 26.2 Å². The highest BCUT2D eigenvalue weighted by Gasteiger charge is 2.35. The molecule has 1 aliphatic carbocycles. The number of piperidine rings is 1. The molecule has 0 radical (unpaired) electrons. The first-order valence-corrected chi connectivity index (χ1v) is 7.09. The molecule has 2 nitrogen and oxygen atoms in total. The summed E-state index contributed by atoms with van der Waals surface area (Å²) in [5.74, 6) is 0.877. The molecule has 16 heavy (non-hydrogen) atoms. The lowest BCUT2D eigenvalue weighted by Gasteiger charge is -2.45. The van der Waals surface area contributed by atoms with E-state index in [-0.39, 0.29) is 0 Å². The molecule has 1 aliphatic heterocycles. The largest absolute Gasteiger partial charge is 0.389 e. The van der Waals surface area contributed by atoms with Crippen molar-refractivity contribution >= 4 is 0 Å². The third kappa shape index (κ3) is 2.78. The lowest BCUT2D eigenvalue weighted by molar-refractivity contribution is -0.0454. The Morgan fingerprint density at radius 1 is 1.25 bits per heavy atom. The maximum Gasteiger partial charge on any atom is 0.0746 e. The maximum absolute atomic E-state index is 10.2. The van der Waals surface area contributed by atoms with Crippen molar-refractivity contribution in [3.05, 3.63) is 0 Å². The average Bonchev–Trinajstić information content (AvgIpc) is 2.27. The second-order valence-electron chi connectivity index (χ2n) is 6.09. The standard InChI is InChI=1S/C14H27NO/c1-3-12-7-4-5-8-13(12)15-10-6-9-14(2,16)11-15/h12-13,16H,3-11H2,1-2H3. The first-order chi connectivity index (χ1) is 7.62. The van der Waals surface area contributed by atoms with Crippen molar-refractivity contribution in [2.75, 3.05) is 13.1 Å². The molecule has 1 saturated heterocycles. The molecule has 2 rings (SSSR count). The van der Waals surface area contributed by atoms with Crippen LogP contribution in [0, 0.1) is 5.92 Å². The Morgan fingerprint density at radius 3 is 2.69 bits per heavy atom. The van der Waals surface area contributed by atoms with E-state index in [4.69, 9.17) is 0 Å². The number of hydrogen-bond acceptors (Lipinski definition) is 2. The summed E-state index contributed by atoms with van der Waals surface area (Å²) in [4.78, 5) is 2.58. The van der Waals surface area contributed by atoms with Crippen LogP contribution in [-0.4, -0.2) is 34.7 Å². The molecule has 3 atom stereocenters. The highest BCUT2D eigenvalue weighted by atomic mass is 16.3. The zero-order valence-electron chi connectivity index (χ0n) is 10.9. The van der Waals surface area contributed by atoms with Gasteiger partial charge in [0.2, 0.25) is 0 Å². The zero-order valence-corrected chi connectivity index (χ0v) is 10.9. The number of hydrogen-bond donors (Lipinski definition) is 1. The quantitative estimate of drug-likeness (QED) is 0.781. The monoisotopic (exact) mass is 225 g/mol. The molecule has 0 bridgehead atoms. The molecular formula is C14H27NO. The van der Waals surface area contributed by atoms with Gasteiger partial charge >= 0.3 is 0 Å². The lowest BCUT2D eigenvalue weighted by Crippen LogP contribution is -2.53. The van der Waals surface area contributed by atoms with Crippen LogP contribution >= 0.6 is 0 Å². The molecule has 0 aromatic carbocycles. The van der Waals surface area contributed by atoms with Crippen LogP contribution < -0.4 is 0 Å². The minimum absolute atomic E-state index is 0.437. The van der Waals surface area contributed by atoms with Gasteiger partial charge in [-0.15, -0.1) is 0 Å². The summed E-state index contributed by atoms with van der Waals surface area (Å²) in [6.45, 7) is 6.43. The van der Waals surface area contributed by atoms with Gasteiger partial charge in [-0.25, -0.2) is 0 Å². The molecular weight excluding hydrogens is 198 g/mol. The van der Waals surface area contributed by atoms with Gasteiger partial charge in [0, 0.05) is 12.6 Å². The van der Waals surface area contributed by atoms with Gasteiger partial charge in [-0.3, -0.25) is 4.90 Å². The summed E-state index contributed by atoms with van der Waals surface area (Å²) in [5.41, 5.74) is -0.437. The Labute approximate surface area is 100 Å². The SMILES string of the molecule is CCC1CCCCC1N1CCCC(C)(O)C1. The molecule has 0 spiro atoms. The van der Waals surface area contributed by atoms with Gasteiger partial charge in [0.1, 0.15) is 0 Å². The predicted molar refractivity (Wildman–Crippen MR) is 67.5 cm³/mol. The van der Waals surface area contributed by atoms with E-state index < -0.39 is 5.60 Å². The summed E-state index contributed by atoms with van der Waals surface area (Å²) in [5, 5.41) is 10.2. The number of likely N-dealkylation sites (tertiary alicyclic amines) is 1. The second-order valence-corrected chi connectivity index (χ2v) is 6.09. The van der Waals surface area contributed by atoms with Crippen LogP contribution in [0.15, 0.2) is 0 Å². The van der Waals surface area contributed by atoms with Crippen LogP contribution in [0.25, 0.3) is 0 Å². The molecule has 0 aromatic heterocycles. The fourth-order valence-corrected chi connectivity index (χ4v) is 3.69. The molecule has 0 amide bonds. The molecule has 1 heterocycles. The molecule has 94 valence electrons. The van der Waals surface area contributed by atoms with Crippen LogP contribution in [-0.2, 0) is 0 Å². The van der Waals surface area contributed by atoms with Gasteiger partial charge in [0.05, 0.1) is 5.60 Å². The fraction of sp³-hybridized carbons (Fsp3) is 1.00. The van der Waals surface area contributed by atoms with E-state index in [1.807, 2.05) is 6.92 Å². The van der Waals surface area contributed by atoms with E-state index in [2.05, 4.69) is 11.8 Å². The fourth-order valence-electron chi connectivity index (χ4n) is 3.69. The highest BCUT2D eigenvalue weighted by molar-refractivity contribution is 4.90. The van der Waals surface area contributed by atoms with E-state index in [0.29, 0.717) is 0 Å². The summed E-state index contributed by atoms with van der Waals surface area (Å²) >= 11 is 0. The Hall–Kier alpha value is -0.0800. The van der Waals surface area contributed by atoms with E-state index in [0.717, 1.165) is 24.9 Å². The predicted octanol–water partition coefficient (Wildman–Crippen LogP) is 2.80. The summed E-state index contributed by atoms with van der Waals surface area (Å²) in [7, 11) is 0. The molecule has 2 fully saturated rings. The Balaban J connectivity index is 1.99. The lowest BCUT2D eigenvalue weighted by atomic mass is 9.80. The van der Waals surface area contributed by atoms with Crippen molar-refractivity contribution in [3.63, 3.8) is 0 Å². The summed E-state index contributed by atoms with van der Waals surface area (Å²) < 4.78 is 0. The van der Waals surface area contributed by atoms with E-state index >= 15 is 0 Å². The first kappa shape index (κ1) is 12.4. The van der Waals surface area contributed by atoms with Crippen LogP contribution in [0.2, 0.25) is 0 Å². The maximum atomic E-state index is 10.2. The van der Waals surface area contributed by atoms with Crippen molar-refractivity contribution in [2.24, 2.45) is 5.92 Å². The molecule has 1 saturated carbocycles. The van der Waals surface area contributed by atoms with Gasteiger partial charge in [0.15, 0.2) is 0 Å². The van der Waals surface area contributed by atoms with Crippen molar-refractivity contribution in [1.29, 1.82) is 0 Å². The van der Waals surface area contributed by atoms with Crippen molar-refractivity contribution < 1.29 is 5.11 Å².